The first-order valence-electron chi connectivity index (χ1n) is 11.5. The Morgan fingerprint density at radius 3 is 2.47 bits per heavy atom. The second-order valence-corrected chi connectivity index (χ2v) is 9.43. The Balaban J connectivity index is 1.49. The lowest BCUT2D eigenvalue weighted by molar-refractivity contribution is -0.274. The van der Waals surface area contributed by atoms with Gasteiger partial charge in [-0.05, 0) is 68.8 Å². The number of alkyl halides is 3. The summed E-state index contributed by atoms with van der Waals surface area (Å²) >= 11 is 0. The van der Waals surface area contributed by atoms with E-state index in [9.17, 15) is 13.2 Å². The van der Waals surface area contributed by atoms with E-state index in [0.717, 1.165) is 50.8 Å². The average molecular weight is 448 g/mol. The molecule has 1 aliphatic heterocycles. The van der Waals surface area contributed by atoms with Crippen LogP contribution in [0.15, 0.2) is 48.5 Å². The maximum Gasteiger partial charge on any atom is 0.573 e. The largest absolute Gasteiger partial charge is 0.573 e. The van der Waals surface area contributed by atoms with Crippen molar-refractivity contribution in [3.8, 4) is 5.75 Å². The van der Waals surface area contributed by atoms with Crippen LogP contribution in [0, 0.1) is 6.92 Å². The van der Waals surface area contributed by atoms with Crippen LogP contribution in [0.3, 0.4) is 0 Å². The quantitative estimate of drug-likeness (QED) is 0.496. The Kier molecular flexibility index (Phi) is 6.82. The molecular formula is C26H32F3NO2. The van der Waals surface area contributed by atoms with Crippen LogP contribution in [0.1, 0.15) is 61.6 Å². The van der Waals surface area contributed by atoms with Crippen molar-refractivity contribution in [3.05, 3.63) is 65.2 Å². The number of hydrogen-bond donors (Lipinski definition) is 1. The summed E-state index contributed by atoms with van der Waals surface area (Å²) in [4.78, 5) is 0. The van der Waals surface area contributed by atoms with Gasteiger partial charge in [-0.1, -0.05) is 54.8 Å². The molecule has 1 heterocycles. The highest BCUT2D eigenvalue weighted by Gasteiger charge is 2.47. The van der Waals surface area contributed by atoms with E-state index in [2.05, 4.69) is 41.2 Å². The first-order chi connectivity index (χ1) is 15.3. The minimum absolute atomic E-state index is 0.0874. The number of aryl methyl sites for hydroxylation is 1. The molecule has 1 spiro atoms. The Labute approximate surface area is 188 Å². The fraction of sp³-hybridized carbons (Fsp3) is 0.538. The van der Waals surface area contributed by atoms with Crippen LogP contribution in [-0.4, -0.2) is 25.1 Å². The van der Waals surface area contributed by atoms with E-state index in [1.54, 1.807) is 0 Å². The molecule has 6 heteroatoms. The van der Waals surface area contributed by atoms with Crippen molar-refractivity contribution in [2.75, 3.05) is 13.2 Å². The molecule has 1 N–H and O–H groups in total. The van der Waals surface area contributed by atoms with E-state index < -0.39 is 6.36 Å². The molecule has 0 bridgehead atoms. The molecule has 2 fully saturated rings. The van der Waals surface area contributed by atoms with Crippen LogP contribution in [-0.2, 0) is 16.7 Å². The Morgan fingerprint density at radius 2 is 1.78 bits per heavy atom. The Hall–Kier alpha value is -2.05. The predicted molar refractivity (Wildman–Crippen MR) is 119 cm³/mol. The molecule has 1 saturated carbocycles. The van der Waals surface area contributed by atoms with Gasteiger partial charge in [0.15, 0.2) is 0 Å². The van der Waals surface area contributed by atoms with Crippen LogP contribution in [0.2, 0.25) is 0 Å². The zero-order valence-electron chi connectivity index (χ0n) is 18.6. The van der Waals surface area contributed by atoms with E-state index >= 15 is 0 Å². The van der Waals surface area contributed by atoms with E-state index in [4.69, 9.17) is 4.74 Å². The molecular weight excluding hydrogens is 415 g/mol. The number of rotatable bonds is 7. The van der Waals surface area contributed by atoms with Gasteiger partial charge in [0, 0.05) is 18.6 Å². The van der Waals surface area contributed by atoms with Crippen LogP contribution in [0.5, 0.6) is 5.75 Å². The van der Waals surface area contributed by atoms with Gasteiger partial charge in [0.2, 0.25) is 0 Å². The lowest BCUT2D eigenvalue weighted by Crippen LogP contribution is -2.47. The third kappa shape index (κ3) is 5.65. The molecule has 2 aliphatic rings. The van der Waals surface area contributed by atoms with Crippen molar-refractivity contribution < 1.29 is 22.6 Å². The summed E-state index contributed by atoms with van der Waals surface area (Å²) < 4.78 is 48.2. The molecule has 0 radical (unpaired) electrons. The number of hydrogen-bond acceptors (Lipinski definition) is 3. The molecule has 3 nitrogen and oxygen atoms in total. The number of halogens is 3. The summed E-state index contributed by atoms with van der Waals surface area (Å²) in [6.45, 7) is 4.43. The van der Waals surface area contributed by atoms with E-state index in [-0.39, 0.29) is 16.8 Å². The van der Waals surface area contributed by atoms with Gasteiger partial charge in [0.05, 0.1) is 5.60 Å². The van der Waals surface area contributed by atoms with Gasteiger partial charge in [-0.25, -0.2) is 0 Å². The smallest absolute Gasteiger partial charge is 0.406 e. The van der Waals surface area contributed by atoms with Gasteiger partial charge in [-0.2, -0.15) is 0 Å². The molecule has 2 aromatic rings. The third-order valence-electron chi connectivity index (χ3n) is 7.06. The summed E-state index contributed by atoms with van der Waals surface area (Å²) in [7, 11) is 0. The van der Waals surface area contributed by atoms with Crippen molar-refractivity contribution in [1.29, 1.82) is 0 Å². The first kappa shape index (κ1) is 23.1. The number of benzene rings is 2. The molecule has 0 unspecified atom stereocenters. The molecule has 4 rings (SSSR count). The zero-order chi connectivity index (χ0) is 22.7. The second-order valence-electron chi connectivity index (χ2n) is 9.43. The van der Waals surface area contributed by atoms with Crippen molar-refractivity contribution in [2.24, 2.45) is 0 Å². The minimum Gasteiger partial charge on any atom is -0.406 e. The van der Waals surface area contributed by atoms with Gasteiger partial charge in [0.1, 0.15) is 5.75 Å². The van der Waals surface area contributed by atoms with Crippen LogP contribution < -0.4 is 10.1 Å². The van der Waals surface area contributed by atoms with E-state index in [0.29, 0.717) is 6.61 Å². The van der Waals surface area contributed by atoms with Gasteiger partial charge in [-0.15, -0.1) is 13.2 Å². The highest BCUT2D eigenvalue weighted by molar-refractivity contribution is 5.34. The van der Waals surface area contributed by atoms with Gasteiger partial charge in [0.25, 0.3) is 0 Å². The number of nitrogens with one attached hydrogen (secondary N) is 1. The summed E-state index contributed by atoms with van der Waals surface area (Å²) in [6.07, 6.45) is 2.54. The molecule has 0 aromatic heterocycles. The maximum atomic E-state index is 12.6. The first-order valence-corrected chi connectivity index (χ1v) is 11.5. The average Bonchev–Trinajstić information content (AvgIpc) is 3.18. The summed E-state index contributed by atoms with van der Waals surface area (Å²) in [5, 5.41) is 3.58. The monoisotopic (exact) mass is 447 g/mol. The predicted octanol–water partition coefficient (Wildman–Crippen LogP) is 6.43. The lowest BCUT2D eigenvalue weighted by Gasteiger charge is -2.47. The molecule has 1 saturated heterocycles. The standard InChI is InChI=1S/C26H32F3NO2/c1-20-5-4-6-21(17-20)18-30-15-13-24(14-16-31-25(19-24)11-2-3-12-25)22-7-9-23(10-8-22)32-26(27,28)29/h4-10,17,30H,2-3,11-16,18-19H2,1H3/t24-/m0/s1. The highest BCUT2D eigenvalue weighted by atomic mass is 19.4. The van der Waals surface area contributed by atoms with Gasteiger partial charge < -0.3 is 14.8 Å². The molecule has 0 amide bonds. The molecule has 2 aromatic carbocycles. The normalized spacial score (nSPS) is 22.9. The van der Waals surface area contributed by atoms with E-state index in [1.807, 2.05) is 12.1 Å². The summed E-state index contributed by atoms with van der Waals surface area (Å²) in [5.74, 6) is -0.170. The third-order valence-corrected chi connectivity index (χ3v) is 7.06. The Bertz CT molecular complexity index is 891. The SMILES string of the molecule is Cc1cccc(CNCC[C@]2(c3ccc(OC(F)(F)F)cc3)CCOC3(CCCC3)C2)c1. The van der Waals surface area contributed by atoms with Crippen LogP contribution >= 0.6 is 0 Å². The summed E-state index contributed by atoms with van der Waals surface area (Å²) in [5.41, 5.74) is 3.38. The van der Waals surface area contributed by atoms with Crippen molar-refractivity contribution >= 4 is 0 Å². The zero-order valence-corrected chi connectivity index (χ0v) is 18.6. The van der Waals surface area contributed by atoms with Crippen molar-refractivity contribution in [3.63, 3.8) is 0 Å². The maximum absolute atomic E-state index is 12.6. The lowest BCUT2D eigenvalue weighted by atomic mass is 9.66. The summed E-state index contributed by atoms with van der Waals surface area (Å²) in [6, 6.07) is 15.0. The Morgan fingerprint density at radius 1 is 1.03 bits per heavy atom. The highest BCUT2D eigenvalue weighted by Crippen LogP contribution is 2.50. The topological polar surface area (TPSA) is 30.5 Å². The molecule has 32 heavy (non-hydrogen) atoms. The number of ether oxygens (including phenoxy) is 2. The van der Waals surface area contributed by atoms with Crippen molar-refractivity contribution in [2.45, 2.75) is 75.8 Å². The van der Waals surface area contributed by atoms with Crippen LogP contribution in [0.4, 0.5) is 13.2 Å². The fourth-order valence-corrected chi connectivity index (χ4v) is 5.56. The molecule has 174 valence electrons. The molecule has 1 aliphatic carbocycles. The minimum atomic E-state index is -4.68. The van der Waals surface area contributed by atoms with Crippen LogP contribution in [0.25, 0.3) is 0 Å². The van der Waals surface area contributed by atoms with E-state index in [1.165, 1.54) is 36.1 Å². The van der Waals surface area contributed by atoms with Gasteiger partial charge in [-0.3, -0.25) is 0 Å². The molecule has 1 atom stereocenters. The van der Waals surface area contributed by atoms with Gasteiger partial charge >= 0.3 is 6.36 Å². The fourth-order valence-electron chi connectivity index (χ4n) is 5.56. The van der Waals surface area contributed by atoms with Crippen molar-refractivity contribution in [1.82, 2.24) is 5.32 Å². The second kappa shape index (κ2) is 9.44.